The van der Waals surface area contributed by atoms with Crippen LogP contribution >= 0.6 is 0 Å². The van der Waals surface area contributed by atoms with Crippen molar-refractivity contribution in [3.63, 3.8) is 0 Å². The van der Waals surface area contributed by atoms with Gasteiger partial charge in [0.15, 0.2) is 5.82 Å². The summed E-state index contributed by atoms with van der Waals surface area (Å²) in [5.74, 6) is 0.804. The van der Waals surface area contributed by atoms with Gasteiger partial charge in [0, 0.05) is 25.1 Å². The molecule has 1 aliphatic heterocycles. The first-order chi connectivity index (χ1) is 14.0. The van der Waals surface area contributed by atoms with Gasteiger partial charge in [-0.05, 0) is 44.0 Å². The minimum atomic E-state index is -0.467. The van der Waals surface area contributed by atoms with E-state index in [-0.39, 0.29) is 23.3 Å². The zero-order valence-electron chi connectivity index (χ0n) is 15.8. The maximum absolute atomic E-state index is 12.7. The van der Waals surface area contributed by atoms with Gasteiger partial charge in [-0.2, -0.15) is 0 Å². The van der Waals surface area contributed by atoms with Gasteiger partial charge in [-0.25, -0.2) is 0 Å². The molecule has 29 heavy (non-hydrogen) atoms. The highest BCUT2D eigenvalue weighted by Crippen LogP contribution is 2.21. The zero-order valence-corrected chi connectivity index (χ0v) is 15.8. The number of nitrogens with zero attached hydrogens (tertiary/aromatic N) is 2. The average molecular weight is 396 g/mol. The van der Waals surface area contributed by atoms with E-state index >= 15 is 0 Å². The van der Waals surface area contributed by atoms with Crippen LogP contribution in [0.4, 0.5) is 5.82 Å². The van der Waals surface area contributed by atoms with Crippen LogP contribution in [0.1, 0.15) is 29.0 Å². The second kappa shape index (κ2) is 7.78. The van der Waals surface area contributed by atoms with Crippen molar-refractivity contribution in [3.05, 3.63) is 58.3 Å². The highest BCUT2D eigenvalue weighted by Gasteiger charge is 2.29. The lowest BCUT2D eigenvalue weighted by atomic mass is 9.95. The molecule has 1 saturated heterocycles. The number of pyridine rings is 1. The van der Waals surface area contributed by atoms with E-state index in [4.69, 9.17) is 8.94 Å². The van der Waals surface area contributed by atoms with Crippen molar-refractivity contribution < 1.29 is 18.5 Å². The SMILES string of the molecule is Cc1cc(NC(=O)C2CCN(C(=O)c3ccc(-c4ccco4)[nH]c3=O)CC2)no1. The highest BCUT2D eigenvalue weighted by atomic mass is 16.5. The Bertz CT molecular complexity index is 1070. The topological polar surface area (TPSA) is 121 Å². The normalized spacial score (nSPS) is 14.7. The smallest absolute Gasteiger partial charge is 0.261 e. The molecule has 9 nitrogen and oxygen atoms in total. The molecular weight excluding hydrogens is 376 g/mol. The van der Waals surface area contributed by atoms with Crippen LogP contribution in [0.15, 0.2) is 50.3 Å². The van der Waals surface area contributed by atoms with E-state index in [1.165, 1.54) is 12.3 Å². The number of anilines is 1. The van der Waals surface area contributed by atoms with Crippen LogP contribution in [0.3, 0.4) is 0 Å². The molecule has 4 rings (SSSR count). The Morgan fingerprint density at radius 1 is 1.24 bits per heavy atom. The van der Waals surface area contributed by atoms with E-state index in [1.54, 1.807) is 36.1 Å². The molecule has 0 bridgehead atoms. The maximum Gasteiger partial charge on any atom is 0.261 e. The summed E-state index contributed by atoms with van der Waals surface area (Å²) in [7, 11) is 0. The van der Waals surface area contributed by atoms with Gasteiger partial charge in [0.1, 0.15) is 17.1 Å². The van der Waals surface area contributed by atoms with E-state index in [0.29, 0.717) is 49.0 Å². The van der Waals surface area contributed by atoms with Crippen LogP contribution in [0.2, 0.25) is 0 Å². The summed E-state index contributed by atoms with van der Waals surface area (Å²) in [6.07, 6.45) is 2.53. The van der Waals surface area contributed by atoms with E-state index in [2.05, 4.69) is 15.5 Å². The van der Waals surface area contributed by atoms with Gasteiger partial charge < -0.3 is 24.1 Å². The molecule has 0 spiro atoms. The van der Waals surface area contributed by atoms with Gasteiger partial charge in [-0.15, -0.1) is 0 Å². The lowest BCUT2D eigenvalue weighted by Gasteiger charge is -2.31. The molecule has 150 valence electrons. The number of likely N-dealkylation sites (tertiary alicyclic amines) is 1. The van der Waals surface area contributed by atoms with E-state index in [0.717, 1.165) is 0 Å². The number of aryl methyl sites for hydroxylation is 1. The molecule has 0 radical (unpaired) electrons. The Labute approximate surface area is 165 Å². The zero-order chi connectivity index (χ0) is 20.4. The van der Waals surface area contributed by atoms with Gasteiger partial charge in [-0.3, -0.25) is 14.4 Å². The molecular formula is C20H20N4O5. The minimum Gasteiger partial charge on any atom is -0.463 e. The number of hydrogen-bond acceptors (Lipinski definition) is 6. The third-order valence-corrected chi connectivity index (χ3v) is 4.96. The monoisotopic (exact) mass is 396 g/mol. The molecule has 2 amide bonds. The summed E-state index contributed by atoms with van der Waals surface area (Å²) < 4.78 is 10.2. The van der Waals surface area contributed by atoms with Crippen LogP contribution in [-0.4, -0.2) is 39.9 Å². The van der Waals surface area contributed by atoms with Crippen molar-refractivity contribution in [1.29, 1.82) is 0 Å². The molecule has 0 aliphatic carbocycles. The number of furan rings is 1. The van der Waals surface area contributed by atoms with Gasteiger partial charge in [0.05, 0.1) is 12.0 Å². The van der Waals surface area contributed by atoms with Crippen molar-refractivity contribution in [2.24, 2.45) is 5.92 Å². The Kier molecular flexibility index (Phi) is 5.03. The molecule has 3 aromatic rings. The molecule has 4 heterocycles. The summed E-state index contributed by atoms with van der Waals surface area (Å²) in [6.45, 7) is 2.54. The highest BCUT2D eigenvalue weighted by molar-refractivity contribution is 5.95. The van der Waals surface area contributed by atoms with E-state index in [9.17, 15) is 14.4 Å². The number of hydrogen-bond donors (Lipinski definition) is 2. The molecule has 0 unspecified atom stereocenters. The maximum atomic E-state index is 12.7. The Morgan fingerprint density at radius 2 is 2.03 bits per heavy atom. The third-order valence-electron chi connectivity index (χ3n) is 4.96. The quantitative estimate of drug-likeness (QED) is 0.698. The summed E-state index contributed by atoms with van der Waals surface area (Å²) in [6, 6.07) is 8.24. The fourth-order valence-corrected chi connectivity index (χ4v) is 3.39. The van der Waals surface area contributed by atoms with Crippen molar-refractivity contribution >= 4 is 17.6 Å². The lowest BCUT2D eigenvalue weighted by molar-refractivity contribution is -0.121. The molecule has 9 heteroatoms. The second-order valence-electron chi connectivity index (χ2n) is 6.97. The Morgan fingerprint density at radius 3 is 2.66 bits per heavy atom. The van der Waals surface area contributed by atoms with Crippen molar-refractivity contribution in [2.75, 3.05) is 18.4 Å². The first-order valence-electron chi connectivity index (χ1n) is 9.32. The van der Waals surface area contributed by atoms with Crippen LogP contribution in [0.5, 0.6) is 0 Å². The third kappa shape index (κ3) is 3.98. The second-order valence-corrected chi connectivity index (χ2v) is 6.97. The van der Waals surface area contributed by atoms with Gasteiger partial charge in [0.2, 0.25) is 5.91 Å². The molecule has 1 aliphatic rings. The van der Waals surface area contributed by atoms with Crippen LogP contribution in [0, 0.1) is 12.8 Å². The number of piperidine rings is 1. The first-order valence-corrected chi connectivity index (χ1v) is 9.32. The molecule has 0 saturated carbocycles. The summed E-state index contributed by atoms with van der Waals surface area (Å²) in [4.78, 5) is 41.8. The predicted octanol–water partition coefficient (Wildman–Crippen LogP) is 2.42. The lowest BCUT2D eigenvalue weighted by Crippen LogP contribution is -2.43. The van der Waals surface area contributed by atoms with Gasteiger partial charge >= 0.3 is 0 Å². The molecule has 0 aromatic carbocycles. The number of carbonyl (C=O) groups is 2. The minimum absolute atomic E-state index is 0.0706. The average Bonchev–Trinajstić information content (AvgIpc) is 3.39. The summed E-state index contributed by atoms with van der Waals surface area (Å²) in [5, 5.41) is 6.48. The molecule has 3 aromatic heterocycles. The number of H-pyrrole nitrogens is 1. The Hall–Kier alpha value is -3.62. The fourth-order valence-electron chi connectivity index (χ4n) is 3.39. The van der Waals surface area contributed by atoms with Gasteiger partial charge in [-0.1, -0.05) is 5.16 Å². The van der Waals surface area contributed by atoms with Crippen LogP contribution < -0.4 is 10.9 Å². The van der Waals surface area contributed by atoms with E-state index in [1.807, 2.05) is 0 Å². The largest absolute Gasteiger partial charge is 0.463 e. The fraction of sp³-hybridized carbons (Fsp3) is 0.300. The summed E-state index contributed by atoms with van der Waals surface area (Å²) in [5.41, 5.74) is 0.112. The Balaban J connectivity index is 1.37. The van der Waals surface area contributed by atoms with Gasteiger partial charge in [0.25, 0.3) is 11.5 Å². The number of rotatable bonds is 4. The van der Waals surface area contributed by atoms with Crippen molar-refractivity contribution in [2.45, 2.75) is 19.8 Å². The molecule has 2 N–H and O–H groups in total. The molecule has 0 atom stereocenters. The number of nitrogens with one attached hydrogen (secondary N) is 2. The van der Waals surface area contributed by atoms with E-state index < -0.39 is 5.56 Å². The van der Waals surface area contributed by atoms with Crippen molar-refractivity contribution in [3.8, 4) is 11.5 Å². The number of aromatic nitrogens is 2. The van der Waals surface area contributed by atoms with Crippen LogP contribution in [-0.2, 0) is 4.79 Å². The number of aromatic amines is 1. The standard InChI is InChI=1S/C20H20N4O5/c1-12-11-17(23-29-12)22-18(25)13-6-8-24(9-7-13)20(27)14-4-5-15(21-19(14)26)16-3-2-10-28-16/h2-5,10-11,13H,6-9H2,1H3,(H,21,26)(H,22,23,25). The summed E-state index contributed by atoms with van der Waals surface area (Å²) >= 11 is 0. The number of amides is 2. The number of carbonyl (C=O) groups excluding carboxylic acids is 2. The van der Waals surface area contributed by atoms with Crippen molar-refractivity contribution in [1.82, 2.24) is 15.0 Å². The van der Waals surface area contributed by atoms with Crippen LogP contribution in [0.25, 0.3) is 11.5 Å². The first kappa shape index (κ1) is 18.7. The predicted molar refractivity (Wildman–Crippen MR) is 103 cm³/mol. The molecule has 1 fully saturated rings.